The van der Waals surface area contributed by atoms with Crippen LogP contribution >= 0.6 is 0 Å². The maximum atomic E-state index is 11.7. The second-order valence-electron chi connectivity index (χ2n) is 5.44. The predicted molar refractivity (Wildman–Crippen MR) is 76.1 cm³/mol. The molecule has 0 aromatic heterocycles. The summed E-state index contributed by atoms with van der Waals surface area (Å²) in [6.45, 7) is 5.69. The smallest absolute Gasteiger partial charge is 0.321 e. The number of urea groups is 1. The summed E-state index contributed by atoms with van der Waals surface area (Å²) in [4.78, 5) is 25.0. The van der Waals surface area contributed by atoms with Gasteiger partial charge in [-0.3, -0.25) is 10.1 Å². The van der Waals surface area contributed by atoms with Gasteiger partial charge in [0.25, 0.3) is 0 Å². The fourth-order valence-corrected chi connectivity index (χ4v) is 1.53. The molecular formula is C14H21N3O2. The first kappa shape index (κ1) is 15.0. The van der Waals surface area contributed by atoms with Crippen molar-refractivity contribution in [3.8, 4) is 0 Å². The van der Waals surface area contributed by atoms with Crippen molar-refractivity contribution < 1.29 is 9.59 Å². The number of nitrogens with zero attached hydrogens (tertiary/aromatic N) is 1. The average molecular weight is 263 g/mol. The van der Waals surface area contributed by atoms with Crippen molar-refractivity contribution in [2.24, 2.45) is 0 Å². The third kappa shape index (κ3) is 5.90. The Morgan fingerprint density at radius 3 is 2.26 bits per heavy atom. The number of benzene rings is 1. The minimum Gasteiger partial charge on any atom is -0.365 e. The molecule has 0 aliphatic carbocycles. The number of carbonyl (C=O) groups is 2. The standard InChI is InChI=1S/C14H21N3O2/c1-14(2,3)16-13(19)15-12(18)10-17(4)11-8-6-5-7-9-11/h5-9H,10H2,1-4H3,(H2,15,16,18,19). The number of carbonyl (C=O) groups excluding carboxylic acids is 2. The molecule has 0 saturated heterocycles. The van der Waals surface area contributed by atoms with E-state index in [1.54, 1.807) is 11.9 Å². The van der Waals surface area contributed by atoms with Crippen LogP contribution in [-0.2, 0) is 4.79 Å². The van der Waals surface area contributed by atoms with E-state index in [0.29, 0.717) is 0 Å². The monoisotopic (exact) mass is 263 g/mol. The van der Waals surface area contributed by atoms with Crippen LogP contribution in [0.15, 0.2) is 30.3 Å². The molecule has 0 aliphatic rings. The van der Waals surface area contributed by atoms with Gasteiger partial charge in [0, 0.05) is 18.3 Å². The van der Waals surface area contributed by atoms with Crippen molar-refractivity contribution in [2.75, 3.05) is 18.5 Å². The Labute approximate surface area is 114 Å². The molecule has 5 heteroatoms. The molecule has 0 unspecified atom stereocenters. The molecule has 19 heavy (non-hydrogen) atoms. The van der Waals surface area contributed by atoms with Crippen LogP contribution in [0.25, 0.3) is 0 Å². The third-order valence-corrected chi connectivity index (χ3v) is 2.32. The van der Waals surface area contributed by atoms with Gasteiger partial charge in [-0.15, -0.1) is 0 Å². The van der Waals surface area contributed by atoms with Gasteiger partial charge in [-0.1, -0.05) is 18.2 Å². The molecule has 0 saturated carbocycles. The molecule has 0 fully saturated rings. The normalized spacial score (nSPS) is 10.7. The maximum Gasteiger partial charge on any atom is 0.321 e. The molecule has 0 spiro atoms. The number of amides is 3. The van der Waals surface area contributed by atoms with Crippen LogP contribution in [0.4, 0.5) is 10.5 Å². The molecule has 0 heterocycles. The van der Waals surface area contributed by atoms with Crippen LogP contribution in [0.5, 0.6) is 0 Å². The van der Waals surface area contributed by atoms with Crippen molar-refractivity contribution in [1.29, 1.82) is 0 Å². The van der Waals surface area contributed by atoms with E-state index in [2.05, 4.69) is 10.6 Å². The van der Waals surface area contributed by atoms with Gasteiger partial charge in [-0.05, 0) is 32.9 Å². The first-order valence-electron chi connectivity index (χ1n) is 6.16. The van der Waals surface area contributed by atoms with E-state index in [4.69, 9.17) is 0 Å². The Balaban J connectivity index is 2.46. The summed E-state index contributed by atoms with van der Waals surface area (Å²) < 4.78 is 0. The van der Waals surface area contributed by atoms with Crippen molar-refractivity contribution in [3.05, 3.63) is 30.3 Å². The van der Waals surface area contributed by atoms with Crippen molar-refractivity contribution in [2.45, 2.75) is 26.3 Å². The first-order chi connectivity index (χ1) is 8.78. The molecule has 5 nitrogen and oxygen atoms in total. The molecular weight excluding hydrogens is 242 g/mol. The van der Waals surface area contributed by atoms with Gasteiger partial charge in [-0.2, -0.15) is 0 Å². The number of likely N-dealkylation sites (N-methyl/N-ethyl adjacent to an activating group) is 1. The van der Waals surface area contributed by atoms with Crippen molar-refractivity contribution >= 4 is 17.6 Å². The number of imide groups is 1. The van der Waals surface area contributed by atoms with Gasteiger partial charge in [-0.25, -0.2) is 4.79 Å². The fourth-order valence-electron chi connectivity index (χ4n) is 1.53. The van der Waals surface area contributed by atoms with Crippen LogP contribution in [0, 0.1) is 0 Å². The van der Waals surface area contributed by atoms with Crippen LogP contribution in [-0.4, -0.2) is 31.1 Å². The van der Waals surface area contributed by atoms with E-state index >= 15 is 0 Å². The lowest BCUT2D eigenvalue weighted by Gasteiger charge is -2.22. The molecule has 2 N–H and O–H groups in total. The fraction of sp³-hybridized carbons (Fsp3) is 0.429. The average Bonchev–Trinajstić information content (AvgIpc) is 2.27. The van der Waals surface area contributed by atoms with Gasteiger partial charge in [0.15, 0.2) is 0 Å². The molecule has 0 aliphatic heterocycles. The Bertz CT molecular complexity index is 438. The topological polar surface area (TPSA) is 61.4 Å². The van der Waals surface area contributed by atoms with Gasteiger partial charge in [0.1, 0.15) is 0 Å². The van der Waals surface area contributed by atoms with E-state index < -0.39 is 6.03 Å². The molecule has 104 valence electrons. The van der Waals surface area contributed by atoms with E-state index in [1.807, 2.05) is 51.1 Å². The van der Waals surface area contributed by atoms with Crippen LogP contribution in [0.1, 0.15) is 20.8 Å². The first-order valence-corrected chi connectivity index (χ1v) is 6.16. The molecule has 0 bridgehead atoms. The van der Waals surface area contributed by atoms with E-state index in [-0.39, 0.29) is 18.0 Å². The predicted octanol–water partition coefficient (Wildman–Crippen LogP) is 1.75. The highest BCUT2D eigenvalue weighted by Crippen LogP contribution is 2.09. The Hall–Kier alpha value is -2.04. The minimum atomic E-state index is -0.473. The number of para-hydroxylation sites is 1. The quantitative estimate of drug-likeness (QED) is 0.873. The Morgan fingerprint density at radius 2 is 1.74 bits per heavy atom. The summed E-state index contributed by atoms with van der Waals surface area (Å²) >= 11 is 0. The highest BCUT2D eigenvalue weighted by molar-refractivity contribution is 5.96. The Kier molecular flexibility index (Phi) is 4.92. The highest BCUT2D eigenvalue weighted by Gasteiger charge is 2.16. The number of nitrogens with one attached hydrogen (secondary N) is 2. The molecule has 1 aromatic carbocycles. The second kappa shape index (κ2) is 6.22. The van der Waals surface area contributed by atoms with Gasteiger partial charge < -0.3 is 10.2 Å². The zero-order valence-electron chi connectivity index (χ0n) is 11.9. The van der Waals surface area contributed by atoms with Crippen LogP contribution in [0.3, 0.4) is 0 Å². The molecule has 0 radical (unpaired) electrons. The summed E-state index contributed by atoms with van der Waals surface area (Å²) in [5, 5.41) is 4.98. The van der Waals surface area contributed by atoms with Gasteiger partial charge >= 0.3 is 6.03 Å². The van der Waals surface area contributed by atoms with Crippen LogP contribution < -0.4 is 15.5 Å². The second-order valence-corrected chi connectivity index (χ2v) is 5.44. The zero-order valence-corrected chi connectivity index (χ0v) is 11.9. The molecule has 0 atom stereocenters. The van der Waals surface area contributed by atoms with E-state index in [9.17, 15) is 9.59 Å². The number of hydrogen-bond acceptors (Lipinski definition) is 3. The number of hydrogen-bond donors (Lipinski definition) is 2. The summed E-state index contributed by atoms with van der Waals surface area (Å²) in [7, 11) is 1.80. The zero-order chi connectivity index (χ0) is 14.5. The van der Waals surface area contributed by atoms with Crippen LogP contribution in [0.2, 0.25) is 0 Å². The maximum absolute atomic E-state index is 11.7. The minimum absolute atomic E-state index is 0.127. The van der Waals surface area contributed by atoms with E-state index in [0.717, 1.165) is 5.69 Å². The molecule has 1 rings (SSSR count). The summed E-state index contributed by atoms with van der Waals surface area (Å²) in [6.07, 6.45) is 0. The summed E-state index contributed by atoms with van der Waals surface area (Å²) in [5.74, 6) is -0.340. The summed E-state index contributed by atoms with van der Waals surface area (Å²) in [6, 6.07) is 9.05. The number of anilines is 1. The Morgan fingerprint density at radius 1 is 1.16 bits per heavy atom. The lowest BCUT2D eigenvalue weighted by atomic mass is 10.1. The van der Waals surface area contributed by atoms with Crippen molar-refractivity contribution in [3.63, 3.8) is 0 Å². The van der Waals surface area contributed by atoms with E-state index in [1.165, 1.54) is 0 Å². The third-order valence-electron chi connectivity index (χ3n) is 2.32. The largest absolute Gasteiger partial charge is 0.365 e. The van der Waals surface area contributed by atoms with Gasteiger partial charge in [0.2, 0.25) is 5.91 Å². The lowest BCUT2D eigenvalue weighted by molar-refractivity contribution is -0.118. The lowest BCUT2D eigenvalue weighted by Crippen LogP contribution is -2.50. The van der Waals surface area contributed by atoms with Crippen molar-refractivity contribution in [1.82, 2.24) is 10.6 Å². The van der Waals surface area contributed by atoms with Gasteiger partial charge in [0.05, 0.1) is 6.54 Å². The summed E-state index contributed by atoms with van der Waals surface area (Å²) in [5.41, 5.74) is 0.560. The molecule has 3 amide bonds. The SMILES string of the molecule is CN(CC(=O)NC(=O)NC(C)(C)C)c1ccccc1. The highest BCUT2D eigenvalue weighted by atomic mass is 16.2. The molecule has 1 aromatic rings. The number of rotatable bonds is 3.